The maximum absolute atomic E-state index is 12.0. The molecule has 1 aromatic rings. The standard InChI is InChI=1S/C15H27N5O/c1-6-8-16-14-12(3)15(18-11-17-14)20(9-7-2)10-13(21)19(4)5/h11H,6-10H2,1-5H3,(H,16,17,18). The normalized spacial score (nSPS) is 10.3. The van der Waals surface area contributed by atoms with Gasteiger partial charge in [0.15, 0.2) is 0 Å². The Morgan fingerprint density at radius 2 is 1.95 bits per heavy atom. The highest BCUT2D eigenvalue weighted by Gasteiger charge is 2.17. The number of carbonyl (C=O) groups is 1. The Kier molecular flexibility index (Phi) is 6.91. The molecule has 6 heteroatoms. The summed E-state index contributed by atoms with van der Waals surface area (Å²) >= 11 is 0. The fraction of sp³-hybridized carbons (Fsp3) is 0.667. The van der Waals surface area contributed by atoms with Crippen molar-refractivity contribution in [2.24, 2.45) is 0 Å². The van der Waals surface area contributed by atoms with Gasteiger partial charge in [0.1, 0.15) is 18.0 Å². The van der Waals surface area contributed by atoms with Gasteiger partial charge >= 0.3 is 0 Å². The lowest BCUT2D eigenvalue weighted by atomic mass is 10.2. The topological polar surface area (TPSA) is 61.4 Å². The minimum atomic E-state index is 0.0736. The van der Waals surface area contributed by atoms with Crippen LogP contribution in [-0.4, -0.2) is 54.5 Å². The highest BCUT2D eigenvalue weighted by Crippen LogP contribution is 2.22. The summed E-state index contributed by atoms with van der Waals surface area (Å²) in [5, 5.41) is 3.30. The molecule has 0 saturated heterocycles. The zero-order valence-electron chi connectivity index (χ0n) is 13.8. The SMILES string of the molecule is CCCNc1ncnc(N(CCC)CC(=O)N(C)C)c1C. The molecule has 0 radical (unpaired) electrons. The van der Waals surface area contributed by atoms with E-state index in [1.165, 1.54) is 0 Å². The first-order valence-electron chi connectivity index (χ1n) is 7.51. The molecule has 0 unspecified atom stereocenters. The van der Waals surface area contributed by atoms with Crippen LogP contribution in [0.4, 0.5) is 11.6 Å². The van der Waals surface area contributed by atoms with E-state index in [1.54, 1.807) is 25.3 Å². The van der Waals surface area contributed by atoms with Crippen molar-refractivity contribution in [2.75, 3.05) is 43.9 Å². The number of hydrogen-bond acceptors (Lipinski definition) is 5. The van der Waals surface area contributed by atoms with Crippen LogP contribution in [0.1, 0.15) is 32.3 Å². The Hall–Kier alpha value is -1.85. The summed E-state index contributed by atoms with van der Waals surface area (Å²) < 4.78 is 0. The number of carbonyl (C=O) groups excluding carboxylic acids is 1. The second kappa shape index (κ2) is 8.44. The van der Waals surface area contributed by atoms with Gasteiger partial charge < -0.3 is 15.1 Å². The first kappa shape index (κ1) is 17.2. The number of aromatic nitrogens is 2. The summed E-state index contributed by atoms with van der Waals surface area (Å²) in [5.41, 5.74) is 0.992. The minimum Gasteiger partial charge on any atom is -0.370 e. The highest BCUT2D eigenvalue weighted by molar-refractivity contribution is 5.81. The number of likely N-dealkylation sites (N-methyl/N-ethyl adjacent to an activating group) is 1. The molecule has 1 N–H and O–H groups in total. The largest absolute Gasteiger partial charge is 0.370 e. The molecule has 1 heterocycles. The molecule has 0 atom stereocenters. The zero-order valence-corrected chi connectivity index (χ0v) is 13.8. The second-order valence-electron chi connectivity index (χ2n) is 5.31. The van der Waals surface area contributed by atoms with E-state index in [4.69, 9.17) is 0 Å². The minimum absolute atomic E-state index is 0.0736. The van der Waals surface area contributed by atoms with Crippen LogP contribution in [0.25, 0.3) is 0 Å². The van der Waals surface area contributed by atoms with Crippen LogP contribution in [0.3, 0.4) is 0 Å². The maximum Gasteiger partial charge on any atom is 0.241 e. The summed E-state index contributed by atoms with van der Waals surface area (Å²) in [4.78, 5) is 24.3. The van der Waals surface area contributed by atoms with E-state index < -0.39 is 0 Å². The molecule has 0 aliphatic heterocycles. The molecule has 1 aromatic heterocycles. The van der Waals surface area contributed by atoms with E-state index in [9.17, 15) is 4.79 Å². The fourth-order valence-electron chi connectivity index (χ4n) is 2.02. The zero-order chi connectivity index (χ0) is 15.8. The van der Waals surface area contributed by atoms with E-state index in [-0.39, 0.29) is 5.91 Å². The molecule has 1 amide bonds. The van der Waals surface area contributed by atoms with Crippen LogP contribution in [0.15, 0.2) is 6.33 Å². The van der Waals surface area contributed by atoms with Crippen molar-refractivity contribution in [3.05, 3.63) is 11.9 Å². The van der Waals surface area contributed by atoms with Gasteiger partial charge in [0.2, 0.25) is 5.91 Å². The van der Waals surface area contributed by atoms with Crippen molar-refractivity contribution in [3.63, 3.8) is 0 Å². The third-order valence-corrected chi connectivity index (χ3v) is 3.22. The lowest BCUT2D eigenvalue weighted by Gasteiger charge is -2.26. The smallest absolute Gasteiger partial charge is 0.241 e. The van der Waals surface area contributed by atoms with E-state index >= 15 is 0 Å². The number of nitrogens with one attached hydrogen (secondary N) is 1. The Balaban J connectivity index is 2.99. The second-order valence-corrected chi connectivity index (χ2v) is 5.31. The molecular formula is C15H27N5O. The molecule has 118 valence electrons. The van der Waals surface area contributed by atoms with Crippen molar-refractivity contribution < 1.29 is 4.79 Å². The Morgan fingerprint density at radius 3 is 2.52 bits per heavy atom. The van der Waals surface area contributed by atoms with Crippen molar-refractivity contribution >= 4 is 17.5 Å². The monoisotopic (exact) mass is 293 g/mol. The van der Waals surface area contributed by atoms with Crippen LogP contribution >= 0.6 is 0 Å². The van der Waals surface area contributed by atoms with Gasteiger partial charge in [0.25, 0.3) is 0 Å². The van der Waals surface area contributed by atoms with Gasteiger partial charge in [0.05, 0.1) is 6.54 Å². The van der Waals surface area contributed by atoms with Gasteiger partial charge in [-0.15, -0.1) is 0 Å². The van der Waals surface area contributed by atoms with Gasteiger partial charge in [-0.25, -0.2) is 9.97 Å². The Morgan fingerprint density at radius 1 is 1.24 bits per heavy atom. The summed E-state index contributed by atoms with van der Waals surface area (Å²) in [6.45, 7) is 8.22. The third kappa shape index (κ3) is 4.88. The van der Waals surface area contributed by atoms with Gasteiger partial charge in [-0.1, -0.05) is 13.8 Å². The quantitative estimate of drug-likeness (QED) is 0.793. The number of hydrogen-bond donors (Lipinski definition) is 1. The predicted molar refractivity (Wildman–Crippen MR) is 86.7 cm³/mol. The number of rotatable bonds is 8. The molecule has 0 aliphatic carbocycles. The average Bonchev–Trinajstić information content (AvgIpc) is 2.45. The van der Waals surface area contributed by atoms with Gasteiger partial charge in [-0.2, -0.15) is 0 Å². The Labute approximate surface area is 127 Å². The number of nitrogens with zero attached hydrogens (tertiary/aromatic N) is 4. The maximum atomic E-state index is 12.0. The van der Waals surface area contributed by atoms with E-state index in [0.717, 1.165) is 43.1 Å². The molecule has 0 saturated carbocycles. The van der Waals surface area contributed by atoms with Crippen molar-refractivity contribution in [2.45, 2.75) is 33.6 Å². The van der Waals surface area contributed by atoms with Gasteiger partial charge in [-0.3, -0.25) is 4.79 Å². The van der Waals surface area contributed by atoms with Crippen LogP contribution in [0.2, 0.25) is 0 Å². The van der Waals surface area contributed by atoms with Gasteiger partial charge in [0, 0.05) is 32.7 Å². The van der Waals surface area contributed by atoms with E-state index in [0.29, 0.717) is 6.54 Å². The molecule has 0 fully saturated rings. The summed E-state index contributed by atoms with van der Waals surface area (Å²) in [7, 11) is 3.54. The third-order valence-electron chi connectivity index (χ3n) is 3.22. The molecule has 21 heavy (non-hydrogen) atoms. The van der Waals surface area contributed by atoms with E-state index in [1.807, 2.05) is 11.8 Å². The van der Waals surface area contributed by atoms with Gasteiger partial charge in [-0.05, 0) is 19.8 Å². The van der Waals surface area contributed by atoms with Crippen LogP contribution in [-0.2, 0) is 4.79 Å². The molecule has 0 bridgehead atoms. The lowest BCUT2D eigenvalue weighted by molar-refractivity contribution is -0.127. The van der Waals surface area contributed by atoms with E-state index in [2.05, 4.69) is 29.1 Å². The number of amides is 1. The fourth-order valence-corrected chi connectivity index (χ4v) is 2.02. The van der Waals surface area contributed by atoms with Crippen LogP contribution in [0, 0.1) is 6.92 Å². The molecule has 0 aromatic carbocycles. The van der Waals surface area contributed by atoms with Crippen LogP contribution < -0.4 is 10.2 Å². The summed E-state index contributed by atoms with van der Waals surface area (Å²) in [6, 6.07) is 0. The molecule has 0 aliphatic rings. The first-order chi connectivity index (χ1) is 10.0. The van der Waals surface area contributed by atoms with Crippen molar-refractivity contribution in [1.29, 1.82) is 0 Å². The van der Waals surface area contributed by atoms with Crippen molar-refractivity contribution in [1.82, 2.24) is 14.9 Å². The lowest BCUT2D eigenvalue weighted by Crippen LogP contribution is -2.38. The first-order valence-corrected chi connectivity index (χ1v) is 7.51. The molecule has 1 rings (SSSR count). The molecular weight excluding hydrogens is 266 g/mol. The number of anilines is 2. The van der Waals surface area contributed by atoms with Crippen molar-refractivity contribution in [3.8, 4) is 0 Å². The van der Waals surface area contributed by atoms with Crippen LogP contribution in [0.5, 0.6) is 0 Å². The Bertz CT molecular complexity index is 461. The molecule has 0 spiro atoms. The summed E-state index contributed by atoms with van der Waals surface area (Å²) in [5.74, 6) is 1.76. The summed E-state index contributed by atoms with van der Waals surface area (Å²) in [6.07, 6.45) is 3.56. The predicted octanol–water partition coefficient (Wildman–Crippen LogP) is 1.91. The highest BCUT2D eigenvalue weighted by atomic mass is 16.2. The average molecular weight is 293 g/mol. The molecule has 6 nitrogen and oxygen atoms in total.